The van der Waals surface area contributed by atoms with Crippen molar-refractivity contribution in [2.75, 3.05) is 0 Å². The van der Waals surface area contributed by atoms with E-state index in [9.17, 15) is 35.4 Å². The minimum Gasteiger partial charge on any atom is -0.508 e. The Morgan fingerprint density at radius 2 is 0.762 bits per heavy atom. The highest BCUT2D eigenvalue weighted by Gasteiger charge is 2.55. The third kappa shape index (κ3) is 6.10. The summed E-state index contributed by atoms with van der Waals surface area (Å²) in [5.74, 6) is 3.27. The second-order valence-corrected chi connectivity index (χ2v) is 19.5. The molecule has 63 heavy (non-hydrogen) atoms. The summed E-state index contributed by atoms with van der Waals surface area (Å²) in [6, 6.07) is 33.3. The number of rotatable bonds is 0. The summed E-state index contributed by atoms with van der Waals surface area (Å²) in [6.07, 6.45) is 5.29. The van der Waals surface area contributed by atoms with Gasteiger partial charge in [-0.15, -0.1) is 0 Å². The van der Waals surface area contributed by atoms with Crippen LogP contribution >= 0.6 is 0 Å². The lowest BCUT2D eigenvalue weighted by Gasteiger charge is -2.34. The SMILES string of the molecule is C=C1c2ccc(O)cc2C(C)C12Cc1ccc(O)cc1C2.CC1c2cc(O)ccc2C(=O)C12Cc1ccc(O)cc1C2.CC1c2ccc(O)cc2C(C)C12Cc1ccc(O)cc1C2. The van der Waals surface area contributed by atoms with Crippen molar-refractivity contribution in [3.8, 4) is 34.5 Å². The number of carbonyl (C=O) groups is 1. The van der Waals surface area contributed by atoms with E-state index in [1.807, 2.05) is 42.5 Å². The molecule has 0 fully saturated rings. The van der Waals surface area contributed by atoms with E-state index in [2.05, 4.69) is 46.4 Å². The summed E-state index contributed by atoms with van der Waals surface area (Å²) in [5.41, 5.74) is 15.0. The molecule has 6 aliphatic rings. The maximum atomic E-state index is 13.0. The molecule has 0 saturated carbocycles. The van der Waals surface area contributed by atoms with Gasteiger partial charge in [0.1, 0.15) is 34.5 Å². The second kappa shape index (κ2) is 14.3. The van der Waals surface area contributed by atoms with E-state index < -0.39 is 5.41 Å². The van der Waals surface area contributed by atoms with Gasteiger partial charge in [0.05, 0.1) is 0 Å². The van der Waals surface area contributed by atoms with E-state index in [-0.39, 0.29) is 34.0 Å². The predicted octanol–water partition coefficient (Wildman–Crippen LogP) is 11.3. The molecule has 3 spiro atoms. The third-order valence-corrected chi connectivity index (χ3v) is 16.6. The molecule has 0 heterocycles. The number of allylic oxidation sites excluding steroid dienone is 1. The standard InChI is InChI=1S/C19H20O2.C19H18O2.C18H16O3/c2*1-11-17-6-5-16(21)8-18(17)12(2)19(11)9-13-3-4-15(20)7-14(13)10-19;1-10-16-7-14(20)4-5-15(16)17(21)18(10)8-11-2-3-13(19)6-12(11)9-18/h3-8,11-12,20-21H,9-10H2,1-2H3;3-8,12,20-21H,1,9-10H2,2H3;2-7,10,19-20H,8-9H2,1H3. The van der Waals surface area contributed by atoms with Gasteiger partial charge in [0.15, 0.2) is 5.78 Å². The van der Waals surface area contributed by atoms with E-state index >= 15 is 0 Å². The van der Waals surface area contributed by atoms with E-state index in [0.29, 0.717) is 53.6 Å². The first-order valence-electron chi connectivity index (χ1n) is 22.2. The van der Waals surface area contributed by atoms with Crippen molar-refractivity contribution in [3.05, 3.63) is 183 Å². The number of Topliss-reactive ketones (excluding diaryl/α,β-unsaturated/α-hetero) is 1. The van der Waals surface area contributed by atoms with Crippen LogP contribution in [-0.4, -0.2) is 36.4 Å². The molecular weight excluding hydrogens is 785 g/mol. The fraction of sp³-hybridized carbons (Fsp3) is 0.304. The Morgan fingerprint density at radius 1 is 0.397 bits per heavy atom. The number of hydrogen-bond acceptors (Lipinski definition) is 7. The first-order valence-corrected chi connectivity index (χ1v) is 22.2. The van der Waals surface area contributed by atoms with Crippen molar-refractivity contribution < 1.29 is 35.4 Å². The maximum Gasteiger partial charge on any atom is 0.170 e. The highest BCUT2D eigenvalue weighted by molar-refractivity contribution is 6.07. The minimum absolute atomic E-state index is 0.00769. The fourth-order valence-corrected chi connectivity index (χ4v) is 12.9. The monoisotopic (exact) mass is 838 g/mol. The summed E-state index contributed by atoms with van der Waals surface area (Å²) in [6.45, 7) is 13.3. The number of fused-ring (bicyclic) bond motifs is 6. The number of aromatic hydroxyl groups is 6. The van der Waals surface area contributed by atoms with Gasteiger partial charge in [-0.05, 0) is 213 Å². The Balaban J connectivity index is 0.000000112. The first-order chi connectivity index (χ1) is 30.0. The van der Waals surface area contributed by atoms with Gasteiger partial charge in [-0.3, -0.25) is 4.79 Å². The van der Waals surface area contributed by atoms with Crippen LogP contribution in [0, 0.1) is 16.2 Å². The van der Waals surface area contributed by atoms with Crippen molar-refractivity contribution in [2.24, 2.45) is 16.2 Å². The molecule has 0 bridgehead atoms. The van der Waals surface area contributed by atoms with Crippen LogP contribution in [0.3, 0.4) is 0 Å². The molecule has 0 saturated heterocycles. The van der Waals surface area contributed by atoms with Gasteiger partial charge >= 0.3 is 0 Å². The van der Waals surface area contributed by atoms with Gasteiger partial charge in [0.25, 0.3) is 0 Å². The van der Waals surface area contributed by atoms with Crippen LogP contribution in [0.4, 0.5) is 0 Å². The molecule has 7 unspecified atom stereocenters. The van der Waals surface area contributed by atoms with Crippen LogP contribution in [0.5, 0.6) is 34.5 Å². The van der Waals surface area contributed by atoms with E-state index in [1.165, 1.54) is 50.1 Å². The number of phenols is 6. The number of benzene rings is 6. The Labute approximate surface area is 368 Å². The number of ketones is 1. The highest BCUT2D eigenvalue weighted by atomic mass is 16.3. The van der Waals surface area contributed by atoms with E-state index in [0.717, 1.165) is 47.9 Å². The summed E-state index contributed by atoms with van der Waals surface area (Å²) in [7, 11) is 0. The first kappa shape index (κ1) is 40.6. The van der Waals surface area contributed by atoms with Gasteiger partial charge in [-0.25, -0.2) is 0 Å². The summed E-state index contributed by atoms with van der Waals surface area (Å²) >= 11 is 0. The predicted molar refractivity (Wildman–Crippen MR) is 245 cm³/mol. The summed E-state index contributed by atoms with van der Waals surface area (Å²) in [5, 5.41) is 58.4. The van der Waals surface area contributed by atoms with Crippen LogP contribution in [-0.2, 0) is 38.5 Å². The quantitative estimate of drug-likeness (QED) is 0.0895. The summed E-state index contributed by atoms with van der Waals surface area (Å²) in [4.78, 5) is 13.0. The van der Waals surface area contributed by atoms with Crippen molar-refractivity contribution in [1.29, 1.82) is 0 Å². The molecule has 7 nitrogen and oxygen atoms in total. The van der Waals surface area contributed by atoms with Crippen molar-refractivity contribution in [1.82, 2.24) is 0 Å². The lowest BCUT2D eigenvalue weighted by molar-refractivity contribution is 0.0802. The lowest BCUT2D eigenvalue weighted by atomic mass is 9.69. The van der Waals surface area contributed by atoms with Crippen molar-refractivity contribution in [2.45, 2.75) is 89.9 Å². The largest absolute Gasteiger partial charge is 0.508 e. The molecule has 6 aliphatic carbocycles. The second-order valence-electron chi connectivity index (χ2n) is 19.5. The Kier molecular flexibility index (Phi) is 9.20. The zero-order chi connectivity index (χ0) is 44.3. The van der Waals surface area contributed by atoms with Gasteiger partial charge in [-0.2, -0.15) is 0 Å². The van der Waals surface area contributed by atoms with Crippen LogP contribution in [0.15, 0.2) is 116 Å². The average molecular weight is 839 g/mol. The number of phenolic OH excluding ortho intramolecular Hbond substituents is 6. The molecule has 7 heteroatoms. The van der Waals surface area contributed by atoms with Gasteiger partial charge < -0.3 is 30.6 Å². The highest BCUT2D eigenvalue weighted by Crippen LogP contribution is 2.63. The van der Waals surface area contributed by atoms with Crippen LogP contribution < -0.4 is 0 Å². The lowest BCUT2D eigenvalue weighted by Crippen LogP contribution is -2.31. The minimum atomic E-state index is -0.452. The van der Waals surface area contributed by atoms with Crippen LogP contribution in [0.1, 0.15) is 123 Å². The number of carbonyl (C=O) groups excluding carboxylic acids is 1. The molecule has 320 valence electrons. The summed E-state index contributed by atoms with van der Waals surface area (Å²) < 4.78 is 0. The molecule has 6 aromatic carbocycles. The molecule has 7 atom stereocenters. The molecular formula is C56H54O7. The Morgan fingerprint density at radius 3 is 1.35 bits per heavy atom. The molecule has 0 amide bonds. The normalized spacial score (nSPS) is 27.3. The van der Waals surface area contributed by atoms with E-state index in [4.69, 9.17) is 0 Å². The smallest absolute Gasteiger partial charge is 0.170 e. The Hall–Kier alpha value is -6.47. The molecule has 12 rings (SSSR count). The van der Waals surface area contributed by atoms with Gasteiger partial charge in [0, 0.05) is 16.4 Å². The van der Waals surface area contributed by atoms with Crippen LogP contribution in [0.25, 0.3) is 5.57 Å². The molecule has 0 aliphatic heterocycles. The molecule has 6 N–H and O–H groups in total. The third-order valence-electron chi connectivity index (χ3n) is 16.6. The van der Waals surface area contributed by atoms with Gasteiger partial charge in [0.2, 0.25) is 0 Å². The van der Waals surface area contributed by atoms with Crippen molar-refractivity contribution in [3.63, 3.8) is 0 Å². The zero-order valence-electron chi connectivity index (χ0n) is 36.2. The van der Waals surface area contributed by atoms with Gasteiger partial charge in [-0.1, -0.05) is 64.6 Å². The fourth-order valence-electron chi connectivity index (χ4n) is 12.9. The molecule has 0 radical (unpaired) electrons. The van der Waals surface area contributed by atoms with E-state index in [1.54, 1.807) is 54.6 Å². The molecule has 6 aromatic rings. The Bertz CT molecular complexity index is 2780. The van der Waals surface area contributed by atoms with Crippen molar-refractivity contribution >= 4 is 11.4 Å². The number of hydrogen-bond donors (Lipinski definition) is 6. The topological polar surface area (TPSA) is 138 Å². The molecule has 0 aromatic heterocycles. The van der Waals surface area contributed by atoms with Crippen LogP contribution in [0.2, 0.25) is 0 Å². The zero-order valence-corrected chi connectivity index (χ0v) is 36.2. The maximum absolute atomic E-state index is 13.0. The average Bonchev–Trinajstić information content (AvgIpc) is 4.06.